The minimum Gasteiger partial charge on any atom is -0.475 e. The predicted octanol–water partition coefficient (Wildman–Crippen LogP) is 5.83. The first-order valence-corrected chi connectivity index (χ1v) is 14.9. The van der Waals surface area contributed by atoms with Crippen molar-refractivity contribution in [2.24, 2.45) is 0 Å². The number of carboxylic acids is 1. The molecule has 2 N–H and O–H groups in total. The summed E-state index contributed by atoms with van der Waals surface area (Å²) in [6, 6.07) is 18.8. The van der Waals surface area contributed by atoms with Crippen LogP contribution in [0.4, 0.5) is 23.4 Å². The molecule has 0 fully saturated rings. The van der Waals surface area contributed by atoms with E-state index in [1.807, 2.05) is 0 Å². The van der Waals surface area contributed by atoms with E-state index in [2.05, 4.69) is 5.32 Å². The smallest absolute Gasteiger partial charge is 0.475 e. The van der Waals surface area contributed by atoms with Crippen LogP contribution in [0, 0.1) is 5.82 Å². The Morgan fingerprint density at radius 2 is 1.33 bits per heavy atom. The predicted molar refractivity (Wildman–Crippen MR) is 158 cm³/mol. The Morgan fingerprint density at radius 1 is 0.844 bits per heavy atom. The average molecular weight is 686 g/mol. The number of pyridine rings is 1. The second kappa shape index (κ2) is 12.9. The number of benzene rings is 3. The third-order valence-electron chi connectivity index (χ3n) is 6.66. The van der Waals surface area contributed by atoms with Gasteiger partial charge in [0.25, 0.3) is 21.5 Å². The van der Waals surface area contributed by atoms with Crippen LogP contribution in [0.5, 0.6) is 0 Å². The van der Waals surface area contributed by atoms with E-state index in [4.69, 9.17) is 33.1 Å². The maximum Gasteiger partial charge on any atom is 0.490 e. The fraction of sp³-hybridized carbons (Fsp3) is 0.138. The summed E-state index contributed by atoms with van der Waals surface area (Å²) in [7, 11) is -3.17. The summed E-state index contributed by atoms with van der Waals surface area (Å²) in [4.78, 5) is 34.6. The van der Waals surface area contributed by atoms with Gasteiger partial charge in [-0.25, -0.2) is 21.9 Å². The number of hydrogen-bond acceptors (Lipinski definition) is 5. The molecule has 9 nitrogen and oxygen atoms in total. The van der Waals surface area contributed by atoms with Crippen molar-refractivity contribution in [3.8, 4) is 0 Å². The summed E-state index contributed by atoms with van der Waals surface area (Å²) >= 11 is 12.2. The van der Waals surface area contributed by atoms with Crippen molar-refractivity contribution in [2.75, 3.05) is 11.4 Å². The molecule has 1 aliphatic rings. The zero-order valence-electron chi connectivity index (χ0n) is 22.8. The second-order valence-corrected chi connectivity index (χ2v) is 12.0. The number of sulfonamides is 1. The van der Waals surface area contributed by atoms with Crippen LogP contribution in [0.2, 0.25) is 10.0 Å². The number of rotatable bonds is 5. The number of halogens is 6. The SMILES string of the molecule is CNC(=O)c1ccc2n(c1=O)[C@@H](c1ccc(Cl)cc1)[C@@H](c1ccc(Cl)cc1)N2S(=O)(=O)c1ccccc1F.O=C(O)C(F)(F)F. The maximum atomic E-state index is 14.9. The van der Waals surface area contributed by atoms with E-state index in [0.717, 1.165) is 10.4 Å². The number of amides is 1. The fourth-order valence-corrected chi connectivity index (χ4v) is 6.67. The van der Waals surface area contributed by atoms with Crippen molar-refractivity contribution in [1.82, 2.24) is 9.88 Å². The highest BCUT2D eigenvalue weighted by molar-refractivity contribution is 7.92. The normalized spacial score (nSPS) is 15.9. The highest BCUT2D eigenvalue weighted by Crippen LogP contribution is 2.49. The van der Waals surface area contributed by atoms with Gasteiger partial charge in [-0.2, -0.15) is 13.2 Å². The van der Waals surface area contributed by atoms with Gasteiger partial charge in [-0.3, -0.25) is 14.2 Å². The molecule has 1 aliphatic heterocycles. The topological polar surface area (TPSA) is 126 Å². The molecule has 0 unspecified atom stereocenters. The van der Waals surface area contributed by atoms with Crippen molar-refractivity contribution in [1.29, 1.82) is 0 Å². The third kappa shape index (κ3) is 6.67. The number of carbonyl (C=O) groups excluding carboxylic acids is 1. The van der Waals surface area contributed by atoms with Crippen LogP contribution in [0.25, 0.3) is 0 Å². The van der Waals surface area contributed by atoms with Gasteiger partial charge in [0.2, 0.25) is 0 Å². The van der Waals surface area contributed by atoms with Crippen LogP contribution >= 0.6 is 23.2 Å². The van der Waals surface area contributed by atoms with Crippen LogP contribution in [-0.2, 0) is 14.8 Å². The summed E-state index contributed by atoms with van der Waals surface area (Å²) in [5.74, 6) is -4.34. The lowest BCUT2D eigenvalue weighted by Gasteiger charge is -2.29. The number of aliphatic carboxylic acids is 1. The molecule has 16 heteroatoms. The van der Waals surface area contributed by atoms with Gasteiger partial charge in [0.1, 0.15) is 22.1 Å². The average Bonchev–Trinajstić information content (AvgIpc) is 3.34. The fourth-order valence-electron chi connectivity index (χ4n) is 4.71. The summed E-state index contributed by atoms with van der Waals surface area (Å²) in [5.41, 5.74) is 0.180. The molecule has 4 aromatic rings. The molecule has 0 radical (unpaired) electrons. The molecular weight excluding hydrogens is 665 g/mol. The van der Waals surface area contributed by atoms with Crippen molar-refractivity contribution in [3.05, 3.63) is 128 Å². The molecule has 0 saturated carbocycles. The molecule has 0 saturated heterocycles. The van der Waals surface area contributed by atoms with Gasteiger partial charge in [-0.05, 0) is 59.7 Å². The van der Waals surface area contributed by atoms with Crippen molar-refractivity contribution in [2.45, 2.75) is 23.2 Å². The minimum atomic E-state index is -5.08. The molecule has 0 spiro atoms. The van der Waals surface area contributed by atoms with Crippen molar-refractivity contribution in [3.63, 3.8) is 0 Å². The van der Waals surface area contributed by atoms with Gasteiger partial charge in [0.05, 0.1) is 12.1 Å². The molecule has 2 heterocycles. The lowest BCUT2D eigenvalue weighted by Crippen LogP contribution is -2.34. The van der Waals surface area contributed by atoms with E-state index in [1.165, 1.54) is 41.9 Å². The first kappa shape index (κ1) is 33.5. The Hall–Kier alpha value is -4.40. The van der Waals surface area contributed by atoms with E-state index in [1.54, 1.807) is 48.5 Å². The van der Waals surface area contributed by atoms with E-state index >= 15 is 0 Å². The Labute approximate surface area is 263 Å². The third-order valence-corrected chi connectivity index (χ3v) is 8.98. The molecule has 0 bridgehead atoms. The zero-order valence-corrected chi connectivity index (χ0v) is 25.1. The quantitative estimate of drug-likeness (QED) is 0.255. The van der Waals surface area contributed by atoms with E-state index < -0.39 is 56.4 Å². The lowest BCUT2D eigenvalue weighted by molar-refractivity contribution is -0.192. The number of aromatic nitrogens is 1. The first-order valence-electron chi connectivity index (χ1n) is 12.7. The minimum absolute atomic E-state index is 0.0224. The Kier molecular flexibility index (Phi) is 9.61. The van der Waals surface area contributed by atoms with Gasteiger partial charge < -0.3 is 10.4 Å². The molecule has 3 aromatic carbocycles. The Bertz CT molecular complexity index is 1920. The standard InChI is InChI=1S/C27H20Cl2FN3O4S.C2HF3O2/c1-31-26(34)20-14-15-23-32(27(20)35)24(16-6-10-18(28)11-7-16)25(17-8-12-19(29)13-9-17)33(23)38(36,37)22-5-3-2-4-21(22)30;3-2(4,5)1(6)7/h2-15,24-25H,1H3,(H,31,34);(H,6,7)/t24-,25+;/m0./s1. The van der Waals surface area contributed by atoms with Crippen molar-refractivity contribution >= 4 is 50.9 Å². The summed E-state index contributed by atoms with van der Waals surface area (Å²) in [6.07, 6.45) is -5.08. The van der Waals surface area contributed by atoms with Gasteiger partial charge >= 0.3 is 12.1 Å². The largest absolute Gasteiger partial charge is 0.490 e. The number of fused-ring (bicyclic) bond motifs is 1. The summed E-state index contributed by atoms with van der Waals surface area (Å²) in [6.45, 7) is 0. The summed E-state index contributed by atoms with van der Waals surface area (Å²) in [5, 5.41) is 10.4. The van der Waals surface area contributed by atoms with Crippen LogP contribution in [0.1, 0.15) is 33.6 Å². The van der Waals surface area contributed by atoms with Crippen LogP contribution < -0.4 is 15.2 Å². The molecule has 45 heavy (non-hydrogen) atoms. The number of alkyl halides is 3. The van der Waals surface area contributed by atoms with Crippen LogP contribution in [0.3, 0.4) is 0 Å². The number of nitrogens with one attached hydrogen (secondary N) is 1. The molecular formula is C29H21Cl2F4N3O6S. The lowest BCUT2D eigenvalue weighted by atomic mass is 9.94. The summed E-state index contributed by atoms with van der Waals surface area (Å²) < 4.78 is 77.2. The maximum absolute atomic E-state index is 14.9. The van der Waals surface area contributed by atoms with Gasteiger partial charge in [0.15, 0.2) is 0 Å². The molecule has 0 aliphatic carbocycles. The Morgan fingerprint density at radius 3 is 1.80 bits per heavy atom. The van der Waals surface area contributed by atoms with E-state index in [0.29, 0.717) is 21.2 Å². The van der Waals surface area contributed by atoms with Gasteiger partial charge in [-0.1, -0.05) is 59.6 Å². The molecule has 5 rings (SSSR count). The Balaban J connectivity index is 0.000000591. The van der Waals surface area contributed by atoms with Crippen LogP contribution in [-0.4, -0.2) is 43.2 Å². The van der Waals surface area contributed by atoms with Gasteiger partial charge in [0, 0.05) is 17.1 Å². The highest BCUT2D eigenvalue weighted by atomic mass is 35.5. The molecule has 1 aromatic heterocycles. The van der Waals surface area contributed by atoms with E-state index in [-0.39, 0.29) is 11.4 Å². The highest BCUT2D eigenvalue weighted by Gasteiger charge is 2.48. The van der Waals surface area contributed by atoms with Crippen molar-refractivity contribution < 1.29 is 40.7 Å². The number of carbonyl (C=O) groups is 2. The van der Waals surface area contributed by atoms with Gasteiger partial charge in [-0.15, -0.1) is 0 Å². The molecule has 1 amide bonds. The molecule has 236 valence electrons. The number of hydrogen-bond donors (Lipinski definition) is 2. The second-order valence-electron chi connectivity index (χ2n) is 9.39. The molecule has 2 atom stereocenters. The number of anilines is 1. The van der Waals surface area contributed by atoms with Crippen LogP contribution in [0.15, 0.2) is 94.6 Å². The number of carboxylic acid groups (broad SMARTS) is 1. The first-order chi connectivity index (χ1) is 21.1. The zero-order chi connectivity index (χ0) is 33.3. The number of nitrogens with zero attached hydrogens (tertiary/aromatic N) is 2. The van der Waals surface area contributed by atoms with E-state index in [9.17, 15) is 35.6 Å². The monoisotopic (exact) mass is 685 g/mol.